The van der Waals surface area contributed by atoms with Gasteiger partial charge >= 0.3 is 0 Å². The number of rotatable bonds is 3. The first kappa shape index (κ1) is 14.7. The van der Waals surface area contributed by atoms with Crippen molar-refractivity contribution in [2.75, 3.05) is 25.1 Å². The molecule has 0 spiro atoms. The SMILES string of the molecule is COc1ccc(C2CCN(c3ccc(Cl)cc3C#N)C2)cc1. The standard InChI is InChI=1S/C18H17ClN2O/c1-22-17-5-2-13(3-6-17)14-8-9-21(12-14)18-7-4-16(19)10-15(18)11-20/h2-7,10,14H,8-9,12H2,1H3. The number of benzene rings is 2. The molecule has 22 heavy (non-hydrogen) atoms. The van der Waals surface area contributed by atoms with Crippen molar-refractivity contribution >= 4 is 17.3 Å². The van der Waals surface area contributed by atoms with Gasteiger partial charge in [-0.2, -0.15) is 5.26 Å². The summed E-state index contributed by atoms with van der Waals surface area (Å²) in [6, 6.07) is 16.0. The molecule has 3 nitrogen and oxygen atoms in total. The summed E-state index contributed by atoms with van der Waals surface area (Å²) in [7, 11) is 1.68. The Balaban J connectivity index is 1.78. The third-order valence-electron chi connectivity index (χ3n) is 4.20. The van der Waals surface area contributed by atoms with Crippen LogP contribution in [0.1, 0.15) is 23.5 Å². The number of hydrogen-bond donors (Lipinski definition) is 0. The second-order valence-corrected chi connectivity index (χ2v) is 5.91. The van der Waals surface area contributed by atoms with Crippen LogP contribution in [0.3, 0.4) is 0 Å². The molecule has 0 N–H and O–H groups in total. The predicted octanol–water partition coefficient (Wildman–Crippen LogP) is 4.21. The average molecular weight is 313 g/mol. The highest BCUT2D eigenvalue weighted by molar-refractivity contribution is 6.30. The summed E-state index contributed by atoms with van der Waals surface area (Å²) in [5.41, 5.74) is 2.93. The van der Waals surface area contributed by atoms with Crippen LogP contribution in [0.25, 0.3) is 0 Å². The average Bonchev–Trinajstić information content (AvgIpc) is 3.04. The van der Waals surface area contributed by atoms with Crippen LogP contribution in [0.5, 0.6) is 5.75 Å². The molecule has 0 aromatic heterocycles. The van der Waals surface area contributed by atoms with Crippen molar-refractivity contribution in [1.82, 2.24) is 0 Å². The van der Waals surface area contributed by atoms with Crippen molar-refractivity contribution in [2.45, 2.75) is 12.3 Å². The van der Waals surface area contributed by atoms with E-state index in [2.05, 4.69) is 23.1 Å². The molecule has 1 aliphatic heterocycles. The zero-order valence-electron chi connectivity index (χ0n) is 12.4. The maximum atomic E-state index is 9.29. The summed E-state index contributed by atoms with van der Waals surface area (Å²) >= 11 is 5.97. The van der Waals surface area contributed by atoms with Gasteiger partial charge in [0.2, 0.25) is 0 Å². The highest BCUT2D eigenvalue weighted by atomic mass is 35.5. The number of ether oxygens (including phenoxy) is 1. The number of methoxy groups -OCH3 is 1. The Morgan fingerprint density at radius 3 is 2.68 bits per heavy atom. The fraction of sp³-hybridized carbons (Fsp3) is 0.278. The minimum absolute atomic E-state index is 0.480. The maximum absolute atomic E-state index is 9.29. The van der Waals surface area contributed by atoms with Crippen LogP contribution in [0, 0.1) is 11.3 Å². The molecule has 1 fully saturated rings. The topological polar surface area (TPSA) is 36.3 Å². The van der Waals surface area contributed by atoms with E-state index in [9.17, 15) is 5.26 Å². The van der Waals surface area contributed by atoms with Gasteiger partial charge in [-0.1, -0.05) is 23.7 Å². The van der Waals surface area contributed by atoms with E-state index in [4.69, 9.17) is 16.3 Å². The van der Waals surface area contributed by atoms with Crippen molar-refractivity contribution < 1.29 is 4.74 Å². The van der Waals surface area contributed by atoms with Crippen LogP contribution in [-0.2, 0) is 0 Å². The van der Waals surface area contributed by atoms with Gasteiger partial charge in [0.15, 0.2) is 0 Å². The summed E-state index contributed by atoms with van der Waals surface area (Å²) in [6.07, 6.45) is 1.08. The van der Waals surface area contributed by atoms with E-state index in [1.165, 1.54) is 5.56 Å². The van der Waals surface area contributed by atoms with Gasteiger partial charge in [0.05, 0.1) is 18.4 Å². The monoisotopic (exact) mass is 312 g/mol. The van der Waals surface area contributed by atoms with E-state index in [-0.39, 0.29) is 0 Å². The van der Waals surface area contributed by atoms with Crippen LogP contribution in [0.2, 0.25) is 5.02 Å². The quantitative estimate of drug-likeness (QED) is 0.851. The van der Waals surface area contributed by atoms with Crippen molar-refractivity contribution in [3.8, 4) is 11.8 Å². The highest BCUT2D eigenvalue weighted by Crippen LogP contribution is 2.33. The molecule has 0 bridgehead atoms. The van der Waals surface area contributed by atoms with Crippen molar-refractivity contribution in [1.29, 1.82) is 5.26 Å². The molecule has 4 heteroatoms. The lowest BCUT2D eigenvalue weighted by molar-refractivity contribution is 0.414. The summed E-state index contributed by atoms with van der Waals surface area (Å²) in [5.74, 6) is 1.36. The van der Waals surface area contributed by atoms with Gasteiger partial charge in [0, 0.05) is 24.0 Å². The number of nitrogens with zero attached hydrogens (tertiary/aromatic N) is 2. The molecule has 1 aliphatic rings. The fourth-order valence-electron chi connectivity index (χ4n) is 3.00. The van der Waals surface area contributed by atoms with Gasteiger partial charge in [-0.05, 0) is 42.3 Å². The molecular formula is C18H17ClN2O. The lowest BCUT2D eigenvalue weighted by Crippen LogP contribution is -2.20. The first-order chi connectivity index (χ1) is 10.7. The Morgan fingerprint density at radius 2 is 2.00 bits per heavy atom. The molecule has 0 saturated carbocycles. The summed E-state index contributed by atoms with van der Waals surface area (Å²) in [5, 5.41) is 9.90. The summed E-state index contributed by atoms with van der Waals surface area (Å²) < 4.78 is 5.20. The van der Waals surface area contributed by atoms with Crippen molar-refractivity contribution in [2.24, 2.45) is 0 Å². The number of halogens is 1. The molecule has 0 amide bonds. The first-order valence-corrected chi connectivity index (χ1v) is 7.67. The van der Waals surface area contributed by atoms with E-state index >= 15 is 0 Å². The molecule has 0 aliphatic carbocycles. The van der Waals surface area contributed by atoms with Crippen LogP contribution < -0.4 is 9.64 Å². The second-order valence-electron chi connectivity index (χ2n) is 5.48. The molecule has 2 aromatic rings. The van der Waals surface area contributed by atoms with E-state index in [0.29, 0.717) is 16.5 Å². The summed E-state index contributed by atoms with van der Waals surface area (Å²) in [6.45, 7) is 1.87. The second kappa shape index (κ2) is 6.29. The van der Waals surface area contributed by atoms with Crippen LogP contribution in [0.4, 0.5) is 5.69 Å². The smallest absolute Gasteiger partial charge is 0.118 e. The molecule has 1 saturated heterocycles. The Bertz CT molecular complexity index is 706. The third kappa shape index (κ3) is 2.88. The lowest BCUT2D eigenvalue weighted by atomic mass is 9.98. The van der Waals surface area contributed by atoms with Crippen LogP contribution >= 0.6 is 11.6 Å². The van der Waals surface area contributed by atoms with Crippen LogP contribution in [-0.4, -0.2) is 20.2 Å². The van der Waals surface area contributed by atoms with E-state index < -0.39 is 0 Å². The molecule has 0 radical (unpaired) electrons. The van der Waals surface area contributed by atoms with Crippen molar-refractivity contribution in [3.05, 3.63) is 58.6 Å². The van der Waals surface area contributed by atoms with E-state index in [1.54, 1.807) is 13.2 Å². The molecule has 1 unspecified atom stereocenters. The van der Waals surface area contributed by atoms with Gasteiger partial charge in [0.25, 0.3) is 0 Å². The molecule has 3 rings (SSSR count). The zero-order valence-corrected chi connectivity index (χ0v) is 13.2. The minimum Gasteiger partial charge on any atom is -0.497 e. The summed E-state index contributed by atoms with van der Waals surface area (Å²) in [4.78, 5) is 2.27. The van der Waals surface area contributed by atoms with E-state index in [0.717, 1.165) is 30.9 Å². The maximum Gasteiger partial charge on any atom is 0.118 e. The molecule has 2 aromatic carbocycles. The first-order valence-electron chi connectivity index (χ1n) is 7.30. The largest absolute Gasteiger partial charge is 0.497 e. The lowest BCUT2D eigenvalue weighted by Gasteiger charge is -2.20. The minimum atomic E-state index is 0.480. The Kier molecular flexibility index (Phi) is 4.22. The Labute approximate surface area is 135 Å². The van der Waals surface area contributed by atoms with Crippen LogP contribution in [0.15, 0.2) is 42.5 Å². The number of hydrogen-bond acceptors (Lipinski definition) is 3. The Morgan fingerprint density at radius 1 is 1.23 bits per heavy atom. The Hall–Kier alpha value is -2.18. The fourth-order valence-corrected chi connectivity index (χ4v) is 3.17. The van der Waals surface area contributed by atoms with Gasteiger partial charge in [-0.25, -0.2) is 0 Å². The normalized spacial score (nSPS) is 17.3. The molecule has 112 valence electrons. The number of nitriles is 1. The molecule has 1 atom stereocenters. The predicted molar refractivity (Wildman–Crippen MR) is 88.7 cm³/mol. The van der Waals surface area contributed by atoms with Gasteiger partial charge in [0.1, 0.15) is 11.8 Å². The number of anilines is 1. The van der Waals surface area contributed by atoms with Gasteiger partial charge < -0.3 is 9.64 Å². The zero-order chi connectivity index (χ0) is 15.5. The third-order valence-corrected chi connectivity index (χ3v) is 4.43. The van der Waals surface area contributed by atoms with Crippen molar-refractivity contribution in [3.63, 3.8) is 0 Å². The molecular weight excluding hydrogens is 296 g/mol. The van der Waals surface area contributed by atoms with E-state index in [1.807, 2.05) is 24.3 Å². The molecule has 1 heterocycles. The van der Waals surface area contributed by atoms with Gasteiger partial charge in [-0.3, -0.25) is 0 Å². The van der Waals surface area contributed by atoms with Gasteiger partial charge in [-0.15, -0.1) is 0 Å². The highest BCUT2D eigenvalue weighted by Gasteiger charge is 2.25.